The molecule has 2 aromatic carbocycles. The molecule has 1 aliphatic heterocycles. The predicted molar refractivity (Wildman–Crippen MR) is 126 cm³/mol. The highest BCUT2D eigenvalue weighted by molar-refractivity contribution is 8.26. The third-order valence-corrected chi connectivity index (χ3v) is 6.36. The molecule has 9 heteroatoms. The van der Waals surface area contributed by atoms with Gasteiger partial charge in [-0.1, -0.05) is 42.2 Å². The molecule has 0 bridgehead atoms. The summed E-state index contributed by atoms with van der Waals surface area (Å²) < 4.78 is 27.5. The number of aromatic nitrogens is 1. The van der Waals surface area contributed by atoms with Crippen LogP contribution in [0.2, 0.25) is 0 Å². The van der Waals surface area contributed by atoms with Gasteiger partial charge in [-0.25, -0.2) is 8.78 Å². The van der Waals surface area contributed by atoms with E-state index in [4.69, 9.17) is 12.2 Å². The zero-order chi connectivity index (χ0) is 22.7. The maximum absolute atomic E-state index is 13.9. The number of amides is 2. The van der Waals surface area contributed by atoms with E-state index in [2.05, 4.69) is 10.3 Å². The van der Waals surface area contributed by atoms with Gasteiger partial charge in [-0.05, 0) is 36.4 Å². The number of H-pyrrole nitrogens is 1. The summed E-state index contributed by atoms with van der Waals surface area (Å²) in [6, 6.07) is 12.6. The number of halogens is 2. The fourth-order valence-corrected chi connectivity index (χ4v) is 4.66. The van der Waals surface area contributed by atoms with Gasteiger partial charge in [0, 0.05) is 48.1 Å². The van der Waals surface area contributed by atoms with Crippen LogP contribution in [0.15, 0.2) is 53.4 Å². The third-order valence-electron chi connectivity index (χ3n) is 4.98. The van der Waals surface area contributed by atoms with Crippen molar-refractivity contribution in [2.75, 3.05) is 13.1 Å². The van der Waals surface area contributed by atoms with Crippen LogP contribution in [0.3, 0.4) is 0 Å². The molecule has 0 spiro atoms. The van der Waals surface area contributed by atoms with E-state index in [1.54, 1.807) is 24.3 Å². The van der Waals surface area contributed by atoms with Gasteiger partial charge in [0.1, 0.15) is 16.0 Å². The van der Waals surface area contributed by atoms with E-state index < -0.39 is 5.82 Å². The van der Waals surface area contributed by atoms with E-state index in [0.29, 0.717) is 27.8 Å². The van der Waals surface area contributed by atoms with Gasteiger partial charge < -0.3 is 10.3 Å². The monoisotopic (exact) mass is 471 g/mol. The van der Waals surface area contributed by atoms with Crippen molar-refractivity contribution < 1.29 is 18.4 Å². The number of aromatic amines is 1. The average Bonchev–Trinajstić information content (AvgIpc) is 3.27. The maximum Gasteiger partial charge on any atom is 0.266 e. The van der Waals surface area contributed by atoms with Gasteiger partial charge in [-0.2, -0.15) is 0 Å². The standard InChI is InChI=1S/C23H19F2N3O2S2/c24-16-5-6-19-15(11-16)12-17(27-19)7-9-26-21(29)8-10-28-22(30)20(32-23(28)31)13-14-3-1-2-4-18(14)25/h1-6,11-13,27H,7-10H2,(H,26,29)/b20-13-. The van der Waals surface area contributed by atoms with Gasteiger partial charge in [-0.15, -0.1) is 0 Å². The molecule has 32 heavy (non-hydrogen) atoms. The number of hydrogen-bond acceptors (Lipinski definition) is 4. The molecule has 0 saturated carbocycles. The van der Waals surface area contributed by atoms with Crippen LogP contribution in [0.4, 0.5) is 8.78 Å². The smallest absolute Gasteiger partial charge is 0.266 e. The predicted octanol–water partition coefficient (Wildman–Crippen LogP) is 4.40. The highest BCUT2D eigenvalue weighted by atomic mass is 32.2. The molecule has 0 aliphatic carbocycles. The van der Waals surface area contributed by atoms with Crippen LogP contribution in [-0.2, 0) is 16.0 Å². The van der Waals surface area contributed by atoms with Gasteiger partial charge >= 0.3 is 0 Å². The quantitative estimate of drug-likeness (QED) is 0.396. The molecule has 5 nitrogen and oxygen atoms in total. The third kappa shape index (κ3) is 5.05. The molecule has 3 aromatic rings. The SMILES string of the molecule is O=C(CCN1C(=O)/C(=C/c2ccccc2F)SC1=S)NCCc1cc2cc(F)ccc2[nH]1. The lowest BCUT2D eigenvalue weighted by Crippen LogP contribution is -2.34. The molecule has 4 rings (SSSR count). The van der Waals surface area contributed by atoms with Crippen molar-refractivity contribution in [3.05, 3.63) is 76.3 Å². The first kappa shape index (κ1) is 22.2. The molecule has 1 aliphatic rings. The molecule has 0 radical (unpaired) electrons. The normalized spacial score (nSPS) is 15.2. The maximum atomic E-state index is 13.9. The summed E-state index contributed by atoms with van der Waals surface area (Å²) in [4.78, 5) is 29.7. The summed E-state index contributed by atoms with van der Waals surface area (Å²) in [5.74, 6) is -1.26. The van der Waals surface area contributed by atoms with Gasteiger partial charge in [0.25, 0.3) is 5.91 Å². The Morgan fingerprint density at radius 1 is 1.19 bits per heavy atom. The van der Waals surface area contributed by atoms with Gasteiger partial charge in [0.2, 0.25) is 5.91 Å². The summed E-state index contributed by atoms with van der Waals surface area (Å²) in [6.07, 6.45) is 2.13. The topological polar surface area (TPSA) is 65.2 Å². The van der Waals surface area contributed by atoms with Crippen molar-refractivity contribution in [1.82, 2.24) is 15.2 Å². The van der Waals surface area contributed by atoms with Crippen molar-refractivity contribution in [3.8, 4) is 0 Å². The molecule has 2 N–H and O–H groups in total. The summed E-state index contributed by atoms with van der Waals surface area (Å²) in [6.45, 7) is 0.552. The van der Waals surface area contributed by atoms with Crippen molar-refractivity contribution in [1.29, 1.82) is 0 Å². The van der Waals surface area contributed by atoms with Crippen LogP contribution in [0, 0.1) is 11.6 Å². The second kappa shape index (κ2) is 9.62. The molecule has 2 heterocycles. The molecule has 1 saturated heterocycles. The lowest BCUT2D eigenvalue weighted by molar-refractivity contribution is -0.123. The Hall–Kier alpha value is -3.04. The number of fused-ring (bicyclic) bond motifs is 1. The van der Waals surface area contributed by atoms with Crippen molar-refractivity contribution >= 4 is 57.1 Å². The summed E-state index contributed by atoms with van der Waals surface area (Å²) in [7, 11) is 0. The number of carbonyl (C=O) groups is 2. The second-order valence-electron chi connectivity index (χ2n) is 7.23. The first-order valence-corrected chi connectivity index (χ1v) is 11.2. The lowest BCUT2D eigenvalue weighted by Gasteiger charge is -2.14. The number of hydrogen-bond donors (Lipinski definition) is 2. The first-order chi connectivity index (χ1) is 15.4. The molecule has 164 valence electrons. The number of carbonyl (C=O) groups excluding carboxylic acids is 2. The molecular weight excluding hydrogens is 452 g/mol. The van der Waals surface area contributed by atoms with Gasteiger partial charge in [0.15, 0.2) is 0 Å². The van der Waals surface area contributed by atoms with E-state index in [1.807, 2.05) is 6.07 Å². The number of thiocarbonyl (C=S) groups is 1. The van der Waals surface area contributed by atoms with Crippen LogP contribution in [-0.4, -0.2) is 39.1 Å². The van der Waals surface area contributed by atoms with Crippen LogP contribution < -0.4 is 5.32 Å². The summed E-state index contributed by atoms with van der Waals surface area (Å²) in [5, 5.41) is 3.60. The summed E-state index contributed by atoms with van der Waals surface area (Å²) >= 11 is 6.35. The first-order valence-electron chi connectivity index (χ1n) is 9.94. The fourth-order valence-electron chi connectivity index (χ4n) is 3.36. The van der Waals surface area contributed by atoms with Crippen LogP contribution >= 0.6 is 24.0 Å². The largest absolute Gasteiger partial charge is 0.358 e. The molecular formula is C23H19F2N3O2S2. The Bertz CT molecular complexity index is 1240. The number of rotatable bonds is 7. The minimum atomic E-state index is -0.419. The van der Waals surface area contributed by atoms with Gasteiger partial charge in [-0.3, -0.25) is 14.5 Å². The van der Waals surface area contributed by atoms with Crippen molar-refractivity contribution in [3.63, 3.8) is 0 Å². The van der Waals surface area contributed by atoms with E-state index in [-0.39, 0.29) is 30.6 Å². The Kier molecular flexibility index (Phi) is 6.66. The van der Waals surface area contributed by atoms with Crippen molar-refractivity contribution in [2.45, 2.75) is 12.8 Å². The zero-order valence-electron chi connectivity index (χ0n) is 16.9. The van der Waals surface area contributed by atoms with Gasteiger partial charge in [0.05, 0.1) is 4.91 Å². The Morgan fingerprint density at radius 2 is 2.00 bits per heavy atom. The number of nitrogens with one attached hydrogen (secondary N) is 2. The van der Waals surface area contributed by atoms with Crippen molar-refractivity contribution in [2.24, 2.45) is 0 Å². The number of thioether (sulfide) groups is 1. The lowest BCUT2D eigenvalue weighted by atomic mass is 10.2. The van der Waals surface area contributed by atoms with E-state index in [9.17, 15) is 18.4 Å². The Balaban J connectivity index is 1.27. The highest BCUT2D eigenvalue weighted by Gasteiger charge is 2.32. The van der Waals surface area contributed by atoms with E-state index in [0.717, 1.165) is 28.4 Å². The minimum Gasteiger partial charge on any atom is -0.358 e. The molecule has 0 atom stereocenters. The Labute approximate surface area is 192 Å². The number of benzene rings is 2. The Morgan fingerprint density at radius 3 is 2.81 bits per heavy atom. The zero-order valence-corrected chi connectivity index (χ0v) is 18.5. The molecule has 1 fully saturated rings. The van der Waals surface area contributed by atoms with Crippen LogP contribution in [0.5, 0.6) is 0 Å². The molecule has 1 aromatic heterocycles. The van der Waals surface area contributed by atoms with Crippen LogP contribution in [0.25, 0.3) is 17.0 Å². The van der Waals surface area contributed by atoms with E-state index >= 15 is 0 Å². The molecule has 2 amide bonds. The van der Waals surface area contributed by atoms with Crippen LogP contribution in [0.1, 0.15) is 17.7 Å². The highest BCUT2D eigenvalue weighted by Crippen LogP contribution is 2.33. The fraction of sp³-hybridized carbons (Fsp3) is 0.174. The minimum absolute atomic E-state index is 0.0946. The molecule has 0 unspecified atom stereocenters. The second-order valence-corrected chi connectivity index (χ2v) is 8.91. The summed E-state index contributed by atoms with van der Waals surface area (Å²) in [5.41, 5.74) is 2.04. The van der Waals surface area contributed by atoms with E-state index in [1.165, 1.54) is 29.2 Å². The number of nitrogens with zero attached hydrogens (tertiary/aromatic N) is 1. The average molecular weight is 472 g/mol.